The zero-order chi connectivity index (χ0) is 12.7. The highest BCUT2D eigenvalue weighted by Gasteiger charge is 2.23. The van der Waals surface area contributed by atoms with Crippen LogP contribution in [-0.2, 0) is 9.53 Å². The third-order valence-electron chi connectivity index (χ3n) is 1.83. The highest BCUT2D eigenvalue weighted by atomic mass is 16.6. The number of nitro groups is 1. The quantitative estimate of drug-likeness (QED) is 0.276. The molecular formula is C8H13N3O5. The smallest absolute Gasteiger partial charge is 0.270 e. The lowest BCUT2D eigenvalue weighted by Crippen LogP contribution is -2.28. The van der Waals surface area contributed by atoms with Crippen LogP contribution < -0.4 is 5.73 Å². The maximum atomic E-state index is 10.7. The van der Waals surface area contributed by atoms with Crippen molar-refractivity contribution >= 4 is 11.6 Å². The average molecular weight is 231 g/mol. The Kier molecular flexibility index (Phi) is 5.71. The van der Waals surface area contributed by atoms with Crippen molar-refractivity contribution < 1.29 is 19.7 Å². The van der Waals surface area contributed by atoms with Gasteiger partial charge in [-0.1, -0.05) is 5.16 Å². The molecule has 0 aliphatic heterocycles. The summed E-state index contributed by atoms with van der Waals surface area (Å²) in [5.74, 6) is -0.971. The van der Waals surface area contributed by atoms with E-state index in [9.17, 15) is 14.9 Å². The van der Waals surface area contributed by atoms with Gasteiger partial charge in [0.2, 0.25) is 0 Å². The number of carbonyl (C=O) groups excluding carboxylic acids is 1. The van der Waals surface area contributed by atoms with Crippen molar-refractivity contribution in [2.75, 3.05) is 13.7 Å². The molecule has 0 unspecified atom stereocenters. The van der Waals surface area contributed by atoms with Crippen molar-refractivity contribution in [3.8, 4) is 0 Å². The number of primary amides is 1. The summed E-state index contributed by atoms with van der Waals surface area (Å²) in [5, 5.41) is 21.7. The number of oxime groups is 1. The molecular weight excluding hydrogens is 218 g/mol. The molecule has 0 aromatic rings. The lowest BCUT2D eigenvalue weighted by molar-refractivity contribution is -0.515. The van der Waals surface area contributed by atoms with Crippen LogP contribution in [0.25, 0.3) is 0 Å². The first-order valence-corrected chi connectivity index (χ1v) is 4.26. The lowest BCUT2D eigenvalue weighted by Gasteiger charge is -2.08. The van der Waals surface area contributed by atoms with Gasteiger partial charge in [0.15, 0.2) is 5.71 Å². The number of carbonyl (C=O) groups is 1. The average Bonchev–Trinajstić information content (AvgIpc) is 2.21. The number of rotatable bonds is 6. The fourth-order valence-corrected chi connectivity index (χ4v) is 0.978. The van der Waals surface area contributed by atoms with E-state index < -0.39 is 22.6 Å². The molecule has 0 bridgehead atoms. The van der Waals surface area contributed by atoms with E-state index in [0.29, 0.717) is 0 Å². The summed E-state index contributed by atoms with van der Waals surface area (Å²) in [6.07, 6.45) is 1.05. The monoisotopic (exact) mass is 231 g/mol. The maximum absolute atomic E-state index is 10.7. The maximum Gasteiger partial charge on any atom is 0.270 e. The van der Waals surface area contributed by atoms with Gasteiger partial charge in [0, 0.05) is 17.6 Å². The van der Waals surface area contributed by atoms with Crippen LogP contribution in [0.5, 0.6) is 0 Å². The van der Waals surface area contributed by atoms with Gasteiger partial charge in [0.05, 0.1) is 0 Å². The molecule has 16 heavy (non-hydrogen) atoms. The van der Waals surface area contributed by atoms with E-state index in [1.165, 1.54) is 14.0 Å². The molecule has 0 heterocycles. The molecule has 1 atom stereocenters. The van der Waals surface area contributed by atoms with Gasteiger partial charge in [-0.15, -0.1) is 0 Å². The molecule has 8 nitrogen and oxygen atoms in total. The molecule has 0 aromatic heterocycles. The number of nitrogens with zero attached hydrogens (tertiary/aromatic N) is 2. The molecule has 1 amide bonds. The number of ether oxygens (including phenoxy) is 1. The highest BCUT2D eigenvalue weighted by Crippen LogP contribution is 2.06. The van der Waals surface area contributed by atoms with Crippen LogP contribution in [0.15, 0.2) is 16.8 Å². The number of hydrogen-bond donors (Lipinski definition) is 2. The summed E-state index contributed by atoms with van der Waals surface area (Å²) in [6.45, 7) is 1.27. The molecule has 0 aliphatic rings. The Balaban J connectivity index is 4.98. The molecule has 0 radical (unpaired) electrons. The third kappa shape index (κ3) is 4.05. The van der Waals surface area contributed by atoms with Crippen molar-refractivity contribution in [1.82, 2.24) is 0 Å². The van der Waals surface area contributed by atoms with Gasteiger partial charge in [-0.3, -0.25) is 14.9 Å². The number of hydrogen-bond acceptors (Lipinski definition) is 6. The minimum absolute atomic E-state index is 0.146. The van der Waals surface area contributed by atoms with Gasteiger partial charge >= 0.3 is 0 Å². The van der Waals surface area contributed by atoms with Crippen molar-refractivity contribution in [1.29, 1.82) is 0 Å². The molecule has 0 fully saturated rings. The van der Waals surface area contributed by atoms with E-state index in [1.54, 1.807) is 0 Å². The summed E-state index contributed by atoms with van der Waals surface area (Å²) in [4.78, 5) is 20.8. The van der Waals surface area contributed by atoms with Crippen molar-refractivity contribution in [2.24, 2.45) is 10.9 Å². The van der Waals surface area contributed by atoms with Crippen molar-refractivity contribution in [3.63, 3.8) is 0 Å². The van der Waals surface area contributed by atoms with Crippen LogP contribution in [0.3, 0.4) is 0 Å². The SMILES string of the molecule is COC[C@@H](/C(C)=C/C(=N/O)C(N)=O)[N+](=O)[O-]. The first-order chi connectivity index (χ1) is 7.43. The van der Waals surface area contributed by atoms with Crippen LogP contribution in [0.1, 0.15) is 6.92 Å². The van der Waals surface area contributed by atoms with E-state index in [2.05, 4.69) is 9.89 Å². The van der Waals surface area contributed by atoms with Crippen LogP contribution in [0, 0.1) is 10.1 Å². The Morgan fingerprint density at radius 3 is 2.62 bits per heavy atom. The Morgan fingerprint density at radius 1 is 1.75 bits per heavy atom. The normalized spacial score (nSPS) is 14.6. The molecule has 0 rings (SSSR count). The minimum atomic E-state index is -1.11. The van der Waals surface area contributed by atoms with Crippen molar-refractivity contribution in [3.05, 3.63) is 21.8 Å². The van der Waals surface area contributed by atoms with E-state index >= 15 is 0 Å². The second-order valence-corrected chi connectivity index (χ2v) is 2.99. The van der Waals surface area contributed by atoms with Gasteiger partial charge < -0.3 is 15.7 Å². The van der Waals surface area contributed by atoms with Gasteiger partial charge in [-0.05, 0) is 13.0 Å². The van der Waals surface area contributed by atoms with Gasteiger partial charge in [-0.25, -0.2) is 0 Å². The van der Waals surface area contributed by atoms with E-state index in [4.69, 9.17) is 10.9 Å². The summed E-state index contributed by atoms with van der Waals surface area (Å²) < 4.78 is 4.66. The first-order valence-electron chi connectivity index (χ1n) is 4.26. The van der Waals surface area contributed by atoms with Gasteiger partial charge in [0.25, 0.3) is 11.9 Å². The molecule has 90 valence electrons. The molecule has 3 N–H and O–H groups in total. The van der Waals surface area contributed by atoms with Gasteiger partial charge in [0.1, 0.15) is 6.61 Å². The van der Waals surface area contributed by atoms with E-state index in [-0.39, 0.29) is 12.2 Å². The number of amides is 1. The second kappa shape index (κ2) is 6.51. The van der Waals surface area contributed by atoms with Crippen LogP contribution in [0.2, 0.25) is 0 Å². The topological polar surface area (TPSA) is 128 Å². The summed E-state index contributed by atoms with van der Waals surface area (Å²) in [5.41, 5.74) is 4.63. The zero-order valence-electron chi connectivity index (χ0n) is 8.91. The molecule has 0 spiro atoms. The fraction of sp³-hybridized carbons (Fsp3) is 0.500. The summed E-state index contributed by atoms with van der Waals surface area (Å²) in [6, 6.07) is -1.11. The van der Waals surface area contributed by atoms with E-state index in [1.807, 2.05) is 0 Å². The number of methoxy groups -OCH3 is 1. The first kappa shape index (κ1) is 14.0. The standard InChI is InChI=1S/C8H13N3O5/c1-5(3-6(10-13)8(9)12)7(4-16-2)11(14)15/h3,7,13H,4H2,1-2H3,(H2,9,12)/b5-3+,10-6-/t7-/m0/s1. The molecule has 0 aromatic carbocycles. The fourth-order valence-electron chi connectivity index (χ4n) is 0.978. The van der Waals surface area contributed by atoms with E-state index in [0.717, 1.165) is 6.08 Å². The third-order valence-corrected chi connectivity index (χ3v) is 1.83. The second-order valence-electron chi connectivity index (χ2n) is 2.99. The largest absolute Gasteiger partial charge is 0.410 e. The Morgan fingerprint density at radius 2 is 2.31 bits per heavy atom. The zero-order valence-corrected chi connectivity index (χ0v) is 8.91. The molecule has 0 saturated heterocycles. The number of nitrogens with two attached hydrogens (primary N) is 1. The highest BCUT2D eigenvalue weighted by molar-refractivity contribution is 6.42. The molecule has 0 saturated carbocycles. The Labute approximate surface area is 91.5 Å². The molecule has 0 aliphatic carbocycles. The summed E-state index contributed by atoms with van der Waals surface area (Å²) >= 11 is 0. The molecule has 8 heteroatoms. The predicted molar refractivity (Wildman–Crippen MR) is 54.8 cm³/mol. The minimum Gasteiger partial charge on any atom is -0.410 e. The predicted octanol–water partition coefficient (Wildman–Crippen LogP) is -0.460. The van der Waals surface area contributed by atoms with Gasteiger partial charge in [-0.2, -0.15) is 0 Å². The van der Waals surface area contributed by atoms with Crippen LogP contribution >= 0.6 is 0 Å². The Bertz CT molecular complexity index is 337. The summed E-state index contributed by atoms with van der Waals surface area (Å²) in [7, 11) is 1.32. The lowest BCUT2D eigenvalue weighted by atomic mass is 10.1. The van der Waals surface area contributed by atoms with Crippen LogP contribution in [0.4, 0.5) is 0 Å². The van der Waals surface area contributed by atoms with Crippen LogP contribution in [-0.4, -0.2) is 41.5 Å². The van der Waals surface area contributed by atoms with Crippen molar-refractivity contribution in [2.45, 2.75) is 13.0 Å². The Hall–Kier alpha value is -1.96.